The Bertz CT molecular complexity index is 2060. The topological polar surface area (TPSA) is 66.4 Å². The molecule has 6 nitrogen and oxygen atoms in total. The molecule has 0 aliphatic carbocycles. The van der Waals surface area contributed by atoms with E-state index in [0.29, 0.717) is 43.4 Å². The number of benzene rings is 6. The number of rotatable bonds is 17. The predicted octanol–water partition coefficient (Wildman–Crippen LogP) is 10.6. The summed E-state index contributed by atoms with van der Waals surface area (Å²) in [5.41, 5.74) is 7.91. The van der Waals surface area contributed by atoms with Crippen molar-refractivity contribution >= 4 is 11.6 Å². The molecule has 288 valence electrons. The van der Waals surface area contributed by atoms with Crippen LogP contribution >= 0.6 is 11.6 Å². The zero-order valence-corrected chi connectivity index (χ0v) is 32.5. The van der Waals surface area contributed by atoms with Gasteiger partial charge in [0, 0.05) is 10.6 Å². The van der Waals surface area contributed by atoms with Crippen molar-refractivity contribution < 1.29 is 28.8 Å². The average Bonchev–Trinajstić information content (AvgIpc) is 3.24. The second-order valence-electron chi connectivity index (χ2n) is 14.2. The van der Waals surface area contributed by atoms with Crippen LogP contribution in [0.5, 0.6) is 5.75 Å². The molecule has 0 amide bonds. The first-order chi connectivity index (χ1) is 27.5. The summed E-state index contributed by atoms with van der Waals surface area (Å²) in [6, 6.07) is 52.4. The SMILES string of the molecule is CCc1ccc(Cc2cc(C3O[C@H](COCc4ccccc4)[C@@H](OCc4ccccc4)[C@H](OCc4ccccc4)[C@H]3OCc3ccccc3)c(O)cc2Cl)cc1. The van der Waals surface area contributed by atoms with E-state index in [1.54, 1.807) is 6.07 Å². The fourth-order valence-corrected chi connectivity index (χ4v) is 7.37. The number of phenols is 1. The molecule has 1 unspecified atom stereocenters. The number of phenolic OH excluding ortho intramolecular Hbond substituents is 1. The van der Waals surface area contributed by atoms with E-state index in [0.717, 1.165) is 39.8 Å². The molecule has 1 fully saturated rings. The third kappa shape index (κ3) is 10.5. The second-order valence-corrected chi connectivity index (χ2v) is 14.6. The van der Waals surface area contributed by atoms with Crippen LogP contribution in [-0.2, 0) is 63.0 Å². The van der Waals surface area contributed by atoms with E-state index >= 15 is 0 Å². The van der Waals surface area contributed by atoms with E-state index in [2.05, 4.69) is 31.2 Å². The van der Waals surface area contributed by atoms with Gasteiger partial charge in [0.15, 0.2) is 0 Å². The van der Waals surface area contributed by atoms with Gasteiger partial charge >= 0.3 is 0 Å². The van der Waals surface area contributed by atoms with Crippen LogP contribution in [0.3, 0.4) is 0 Å². The van der Waals surface area contributed by atoms with Gasteiger partial charge in [0.05, 0.1) is 33.0 Å². The highest BCUT2D eigenvalue weighted by molar-refractivity contribution is 6.31. The molecule has 56 heavy (non-hydrogen) atoms. The summed E-state index contributed by atoms with van der Waals surface area (Å²) in [7, 11) is 0. The van der Waals surface area contributed by atoms with Crippen LogP contribution in [-0.4, -0.2) is 36.1 Å². The molecule has 1 heterocycles. The first-order valence-corrected chi connectivity index (χ1v) is 19.7. The maximum absolute atomic E-state index is 11.7. The van der Waals surface area contributed by atoms with Crippen LogP contribution < -0.4 is 0 Å². The Hall–Kier alpha value is -4.79. The van der Waals surface area contributed by atoms with Crippen LogP contribution in [0.1, 0.15) is 57.5 Å². The third-order valence-corrected chi connectivity index (χ3v) is 10.6. The Kier molecular flexibility index (Phi) is 14.0. The molecule has 0 spiro atoms. The van der Waals surface area contributed by atoms with Gasteiger partial charge in [-0.2, -0.15) is 0 Å². The van der Waals surface area contributed by atoms with Crippen molar-refractivity contribution in [1.82, 2.24) is 0 Å². The number of aryl methyl sites for hydroxylation is 1. The standard InChI is InChI=1S/C49H49ClO6/c1-2-35-23-25-36(26-24-35)27-41-28-42(44(51)29-43(41)50)46-48(54-32-39-19-11-5-12-20-39)49(55-33-40-21-13-6-14-22-40)47(53-31-38-17-9-4-10-18-38)45(56-46)34-52-30-37-15-7-3-8-16-37/h3-26,28-29,45-49,51H,2,27,30-34H2,1H3/t45-,46?,47-,48+,49+/m1/s1. The monoisotopic (exact) mass is 768 g/mol. The first kappa shape index (κ1) is 39.4. The summed E-state index contributed by atoms with van der Waals surface area (Å²) in [4.78, 5) is 0. The van der Waals surface area contributed by atoms with Crippen LogP contribution in [0.2, 0.25) is 5.02 Å². The smallest absolute Gasteiger partial charge is 0.122 e. The minimum atomic E-state index is -0.764. The molecule has 0 aromatic heterocycles. The molecule has 6 aromatic rings. The summed E-state index contributed by atoms with van der Waals surface area (Å²) in [5.74, 6) is 0.0211. The number of halogens is 1. The lowest BCUT2D eigenvalue weighted by molar-refractivity contribution is -0.275. The highest BCUT2D eigenvalue weighted by Gasteiger charge is 2.49. The van der Waals surface area contributed by atoms with Gasteiger partial charge in [-0.3, -0.25) is 0 Å². The molecule has 7 rings (SSSR count). The molecule has 0 radical (unpaired) electrons. The predicted molar refractivity (Wildman–Crippen MR) is 221 cm³/mol. The number of hydrogen-bond acceptors (Lipinski definition) is 6. The zero-order valence-electron chi connectivity index (χ0n) is 31.7. The molecule has 1 aliphatic rings. The number of aromatic hydroxyl groups is 1. The summed E-state index contributed by atoms with van der Waals surface area (Å²) in [5, 5.41) is 12.2. The highest BCUT2D eigenvalue weighted by Crippen LogP contribution is 2.43. The fourth-order valence-electron chi connectivity index (χ4n) is 7.14. The Morgan fingerprint density at radius 2 is 1.00 bits per heavy atom. The summed E-state index contributed by atoms with van der Waals surface area (Å²) in [6.07, 6.45) is -1.74. The summed E-state index contributed by atoms with van der Waals surface area (Å²) >= 11 is 6.85. The maximum atomic E-state index is 11.7. The minimum Gasteiger partial charge on any atom is -0.508 e. The highest BCUT2D eigenvalue weighted by atomic mass is 35.5. The van der Waals surface area contributed by atoms with Crippen molar-refractivity contribution in [3.63, 3.8) is 0 Å². The lowest BCUT2D eigenvalue weighted by Crippen LogP contribution is -2.58. The van der Waals surface area contributed by atoms with Crippen LogP contribution in [0.4, 0.5) is 0 Å². The van der Waals surface area contributed by atoms with Crippen molar-refractivity contribution in [2.45, 2.75) is 76.7 Å². The minimum absolute atomic E-state index is 0.0211. The molecule has 1 saturated heterocycles. The molecule has 1 aliphatic heterocycles. The number of ether oxygens (including phenoxy) is 5. The molecule has 0 saturated carbocycles. The van der Waals surface area contributed by atoms with E-state index in [9.17, 15) is 5.11 Å². The van der Waals surface area contributed by atoms with Gasteiger partial charge in [-0.05, 0) is 63.9 Å². The van der Waals surface area contributed by atoms with Gasteiger partial charge in [0.2, 0.25) is 0 Å². The van der Waals surface area contributed by atoms with Gasteiger partial charge in [-0.25, -0.2) is 0 Å². The molecule has 5 atom stereocenters. The van der Waals surface area contributed by atoms with Crippen LogP contribution in [0.15, 0.2) is 158 Å². The van der Waals surface area contributed by atoms with Crippen molar-refractivity contribution in [3.8, 4) is 5.75 Å². The van der Waals surface area contributed by atoms with Gasteiger partial charge in [0.25, 0.3) is 0 Å². The molecule has 0 bridgehead atoms. The van der Waals surface area contributed by atoms with E-state index in [1.807, 2.05) is 127 Å². The first-order valence-electron chi connectivity index (χ1n) is 19.4. The van der Waals surface area contributed by atoms with Crippen LogP contribution in [0.25, 0.3) is 0 Å². The van der Waals surface area contributed by atoms with Gasteiger partial charge in [0.1, 0.15) is 36.3 Å². The quantitative estimate of drug-likeness (QED) is 0.0997. The maximum Gasteiger partial charge on any atom is 0.122 e. The Labute approximate surface area is 335 Å². The number of hydrogen-bond donors (Lipinski definition) is 1. The Morgan fingerprint density at radius 1 is 0.536 bits per heavy atom. The van der Waals surface area contributed by atoms with Crippen molar-refractivity contribution in [2.24, 2.45) is 0 Å². The summed E-state index contributed by atoms with van der Waals surface area (Å²) < 4.78 is 34.1. The van der Waals surface area contributed by atoms with Gasteiger partial charge < -0.3 is 28.8 Å². The normalized spacial score (nSPS) is 19.5. The van der Waals surface area contributed by atoms with E-state index in [-0.39, 0.29) is 12.4 Å². The van der Waals surface area contributed by atoms with E-state index < -0.39 is 30.5 Å². The second kappa shape index (κ2) is 19.9. The molecule has 1 N–H and O–H groups in total. The van der Waals surface area contributed by atoms with Crippen molar-refractivity contribution in [2.75, 3.05) is 6.61 Å². The molecular weight excluding hydrogens is 720 g/mol. The zero-order chi connectivity index (χ0) is 38.5. The third-order valence-electron chi connectivity index (χ3n) is 10.2. The largest absolute Gasteiger partial charge is 0.508 e. The molecule has 6 aromatic carbocycles. The Balaban J connectivity index is 1.28. The van der Waals surface area contributed by atoms with E-state index in [4.69, 9.17) is 35.3 Å². The Morgan fingerprint density at radius 3 is 1.52 bits per heavy atom. The van der Waals surface area contributed by atoms with Gasteiger partial charge in [-0.15, -0.1) is 0 Å². The molecular formula is C49H49ClO6. The lowest BCUT2D eigenvalue weighted by atomic mass is 9.88. The lowest BCUT2D eigenvalue weighted by Gasteiger charge is -2.46. The van der Waals surface area contributed by atoms with Crippen LogP contribution in [0, 0.1) is 0 Å². The van der Waals surface area contributed by atoms with E-state index in [1.165, 1.54) is 5.56 Å². The average molecular weight is 769 g/mol. The van der Waals surface area contributed by atoms with Gasteiger partial charge in [-0.1, -0.05) is 164 Å². The molecule has 7 heteroatoms. The van der Waals surface area contributed by atoms with Crippen molar-refractivity contribution in [3.05, 3.63) is 207 Å². The summed E-state index contributed by atoms with van der Waals surface area (Å²) in [6.45, 7) is 3.70. The fraction of sp³-hybridized carbons (Fsp3) is 0.265. The van der Waals surface area contributed by atoms with Crippen molar-refractivity contribution in [1.29, 1.82) is 0 Å².